The third kappa shape index (κ3) is 8.57. The number of amides is 1. The largest absolute Gasteiger partial charge is 0.351 e. The molecule has 4 heteroatoms. The van der Waals surface area contributed by atoms with E-state index in [1.54, 1.807) is 6.92 Å². The van der Waals surface area contributed by atoms with Crippen LogP contribution >= 0.6 is 0 Å². The maximum absolute atomic E-state index is 11.1. The van der Waals surface area contributed by atoms with Crippen LogP contribution in [0, 0.1) is 0 Å². The lowest BCUT2D eigenvalue weighted by Crippen LogP contribution is -2.54. The molecule has 25 heavy (non-hydrogen) atoms. The van der Waals surface area contributed by atoms with Gasteiger partial charge in [0.05, 0.1) is 19.3 Å². The Bertz CT molecular complexity index is 419. The van der Waals surface area contributed by atoms with Crippen LogP contribution in [-0.2, 0) is 4.79 Å². The molecule has 0 radical (unpaired) electrons. The topological polar surface area (TPSA) is 41.1 Å². The molecule has 0 aromatic carbocycles. The minimum absolute atomic E-state index is 0.0483. The average molecular weight is 351 g/mol. The van der Waals surface area contributed by atoms with Crippen LogP contribution in [0.4, 0.5) is 0 Å². The van der Waals surface area contributed by atoms with E-state index in [4.69, 9.17) is 0 Å². The third-order valence-corrected chi connectivity index (χ3v) is 5.23. The van der Waals surface area contributed by atoms with Gasteiger partial charge in [0, 0.05) is 6.92 Å². The molecular formula is C21H40N3O+. The van der Waals surface area contributed by atoms with Gasteiger partial charge in [-0.15, -0.1) is 0 Å². The van der Waals surface area contributed by atoms with Crippen molar-refractivity contribution in [2.24, 2.45) is 0 Å². The number of likely N-dealkylation sites (N-methyl/N-ethyl adjacent to an activating group) is 1. The van der Waals surface area contributed by atoms with Crippen LogP contribution in [0.3, 0.4) is 0 Å². The first-order chi connectivity index (χ1) is 12.1. The summed E-state index contributed by atoms with van der Waals surface area (Å²) >= 11 is 0. The Kier molecular flexibility index (Phi) is 11.3. The molecule has 0 aliphatic carbocycles. The Morgan fingerprint density at radius 2 is 1.80 bits per heavy atom. The SMILES string of the molecule is CCCCCCCCCC/C=C/C1NC=C[N+]1(CC)CCNC(C)=O. The molecule has 4 nitrogen and oxygen atoms in total. The zero-order valence-electron chi connectivity index (χ0n) is 16.7. The lowest BCUT2D eigenvalue weighted by Gasteiger charge is -2.35. The summed E-state index contributed by atoms with van der Waals surface area (Å²) in [6, 6.07) is 0. The van der Waals surface area contributed by atoms with Crippen molar-refractivity contribution >= 4 is 5.91 Å². The summed E-state index contributed by atoms with van der Waals surface area (Å²) in [6.45, 7) is 8.73. The van der Waals surface area contributed by atoms with Crippen molar-refractivity contribution in [3.8, 4) is 0 Å². The highest BCUT2D eigenvalue weighted by Gasteiger charge is 2.34. The van der Waals surface area contributed by atoms with Crippen LogP contribution in [0.15, 0.2) is 24.6 Å². The second kappa shape index (κ2) is 13.0. The van der Waals surface area contributed by atoms with Gasteiger partial charge < -0.3 is 10.6 Å². The molecule has 0 fully saturated rings. The molecule has 1 heterocycles. The number of allylic oxidation sites excluding steroid dienone is 1. The lowest BCUT2D eigenvalue weighted by molar-refractivity contribution is -0.891. The van der Waals surface area contributed by atoms with E-state index in [0.29, 0.717) is 6.17 Å². The number of nitrogens with one attached hydrogen (secondary N) is 2. The van der Waals surface area contributed by atoms with Gasteiger partial charge in [-0.25, -0.2) is 0 Å². The van der Waals surface area contributed by atoms with Crippen LogP contribution in [0.5, 0.6) is 0 Å². The lowest BCUT2D eigenvalue weighted by atomic mass is 10.1. The number of nitrogens with zero attached hydrogens (tertiary/aromatic N) is 1. The van der Waals surface area contributed by atoms with Crippen LogP contribution in [0.25, 0.3) is 0 Å². The maximum atomic E-state index is 11.1. The van der Waals surface area contributed by atoms with Gasteiger partial charge in [0.15, 0.2) is 6.17 Å². The van der Waals surface area contributed by atoms with Crippen LogP contribution in [0.1, 0.15) is 78.6 Å². The molecule has 1 aliphatic rings. The number of quaternary nitrogens is 1. The van der Waals surface area contributed by atoms with Gasteiger partial charge in [-0.2, -0.15) is 0 Å². The molecule has 0 bridgehead atoms. The number of hydrogen-bond donors (Lipinski definition) is 2. The summed E-state index contributed by atoms with van der Waals surface area (Å²) in [5.41, 5.74) is 0. The van der Waals surface area contributed by atoms with Gasteiger partial charge >= 0.3 is 0 Å². The molecule has 0 aromatic heterocycles. The summed E-state index contributed by atoms with van der Waals surface area (Å²) < 4.78 is 0.869. The first kappa shape index (κ1) is 21.8. The molecule has 0 saturated carbocycles. The Morgan fingerprint density at radius 3 is 2.44 bits per heavy atom. The third-order valence-electron chi connectivity index (χ3n) is 5.23. The second-order valence-corrected chi connectivity index (χ2v) is 7.24. The monoisotopic (exact) mass is 350 g/mol. The minimum Gasteiger partial charge on any atom is -0.351 e. The number of rotatable bonds is 14. The van der Waals surface area contributed by atoms with Crippen LogP contribution in [-0.4, -0.2) is 36.2 Å². The molecular weight excluding hydrogens is 310 g/mol. The molecule has 1 aliphatic heterocycles. The predicted molar refractivity (Wildman–Crippen MR) is 107 cm³/mol. The summed E-state index contributed by atoms with van der Waals surface area (Å²) in [5, 5.41) is 6.38. The van der Waals surface area contributed by atoms with E-state index in [1.165, 1.54) is 57.8 Å². The Balaban J connectivity index is 2.22. The van der Waals surface area contributed by atoms with E-state index in [9.17, 15) is 4.79 Å². The highest BCUT2D eigenvalue weighted by Crippen LogP contribution is 2.19. The van der Waals surface area contributed by atoms with Crippen molar-refractivity contribution in [3.63, 3.8) is 0 Å². The fraction of sp³-hybridized carbons (Fsp3) is 0.762. The normalized spacial score (nSPS) is 22.4. The average Bonchev–Trinajstić information content (AvgIpc) is 2.99. The molecule has 1 rings (SSSR count). The molecule has 0 spiro atoms. The van der Waals surface area contributed by atoms with Crippen molar-refractivity contribution in [1.29, 1.82) is 0 Å². The van der Waals surface area contributed by atoms with E-state index < -0.39 is 0 Å². The molecule has 144 valence electrons. The molecule has 2 N–H and O–H groups in total. The van der Waals surface area contributed by atoms with E-state index >= 15 is 0 Å². The number of hydrogen-bond acceptors (Lipinski definition) is 2. The Morgan fingerprint density at radius 1 is 1.12 bits per heavy atom. The van der Waals surface area contributed by atoms with Crippen molar-refractivity contribution < 1.29 is 9.28 Å². The van der Waals surface area contributed by atoms with Gasteiger partial charge in [0.1, 0.15) is 12.7 Å². The van der Waals surface area contributed by atoms with E-state index in [2.05, 4.69) is 49.0 Å². The van der Waals surface area contributed by atoms with Gasteiger partial charge in [-0.3, -0.25) is 9.28 Å². The van der Waals surface area contributed by atoms with Crippen molar-refractivity contribution in [3.05, 3.63) is 24.6 Å². The van der Waals surface area contributed by atoms with E-state index in [1.807, 2.05) is 0 Å². The molecule has 0 saturated heterocycles. The summed E-state index contributed by atoms with van der Waals surface area (Å²) in [4.78, 5) is 11.1. The van der Waals surface area contributed by atoms with Crippen molar-refractivity contribution in [2.75, 3.05) is 19.6 Å². The highest BCUT2D eigenvalue weighted by atomic mass is 16.1. The number of unbranched alkanes of at least 4 members (excludes halogenated alkanes) is 8. The molecule has 2 atom stereocenters. The zero-order valence-corrected chi connectivity index (χ0v) is 16.7. The van der Waals surface area contributed by atoms with Gasteiger partial charge in [0.25, 0.3) is 0 Å². The zero-order chi connectivity index (χ0) is 18.4. The quantitative estimate of drug-likeness (QED) is 0.276. The Labute approximate surface area is 155 Å². The first-order valence-electron chi connectivity index (χ1n) is 10.4. The number of carbonyl (C=O) groups is 1. The smallest absolute Gasteiger partial charge is 0.217 e. The van der Waals surface area contributed by atoms with E-state index in [-0.39, 0.29) is 5.91 Å². The van der Waals surface area contributed by atoms with Crippen molar-refractivity contribution in [2.45, 2.75) is 84.7 Å². The Hall–Kier alpha value is -1.29. The van der Waals surface area contributed by atoms with Gasteiger partial charge in [0.2, 0.25) is 5.91 Å². The summed E-state index contributed by atoms with van der Waals surface area (Å²) in [6.07, 6.45) is 21.4. The second-order valence-electron chi connectivity index (χ2n) is 7.24. The summed E-state index contributed by atoms with van der Waals surface area (Å²) in [5.74, 6) is 0.0483. The van der Waals surface area contributed by atoms with Gasteiger partial charge in [-0.1, -0.05) is 57.9 Å². The first-order valence-corrected chi connectivity index (χ1v) is 10.4. The molecule has 2 unspecified atom stereocenters. The van der Waals surface area contributed by atoms with Crippen LogP contribution < -0.4 is 10.6 Å². The summed E-state index contributed by atoms with van der Waals surface area (Å²) in [7, 11) is 0. The minimum atomic E-state index is 0.0483. The van der Waals surface area contributed by atoms with Crippen molar-refractivity contribution in [1.82, 2.24) is 10.6 Å². The fourth-order valence-electron chi connectivity index (χ4n) is 3.49. The maximum Gasteiger partial charge on any atom is 0.217 e. The van der Waals surface area contributed by atoms with E-state index in [0.717, 1.165) is 24.1 Å². The van der Waals surface area contributed by atoms with Gasteiger partial charge in [-0.05, 0) is 25.8 Å². The highest BCUT2D eigenvalue weighted by molar-refractivity contribution is 5.72. The predicted octanol–water partition coefficient (Wildman–Crippen LogP) is 4.45. The molecule has 0 aromatic rings. The fourth-order valence-corrected chi connectivity index (χ4v) is 3.49. The number of carbonyl (C=O) groups excluding carboxylic acids is 1. The standard InChI is InChI=1S/C21H39N3O/c1-4-6-7-8-9-10-11-12-13-14-15-21-23-17-19-24(21,5-2)18-16-22-20(3)25/h14-15,17,19,21,23H,4-13,16,18H2,1-3H3/p+1/b15-14+. The van der Waals surface area contributed by atoms with Crippen LogP contribution in [0.2, 0.25) is 0 Å². The molecule has 1 amide bonds.